The van der Waals surface area contributed by atoms with E-state index in [9.17, 15) is 0 Å². The molecule has 3 nitrogen and oxygen atoms in total. The summed E-state index contributed by atoms with van der Waals surface area (Å²) in [5.74, 6) is 0.917. The van der Waals surface area contributed by atoms with E-state index >= 15 is 0 Å². The fraction of sp³-hybridized carbons (Fsp3) is 0.667. The van der Waals surface area contributed by atoms with Crippen molar-refractivity contribution in [1.29, 1.82) is 0 Å². The molecule has 1 heterocycles. The molecule has 122 valence electrons. The van der Waals surface area contributed by atoms with E-state index in [1.807, 2.05) is 0 Å². The standard InChI is InChI=1S/C18H26BrNO2/c1-17(11-21-12-17)13-22-16-6-5-14(9-15(16)19)18(10-20)7-3-2-4-8-18/h5-6,9H,2-4,7-8,10-13,20H2,1H3. The Hall–Kier alpha value is -0.580. The molecule has 1 aliphatic heterocycles. The van der Waals surface area contributed by atoms with E-state index in [2.05, 4.69) is 41.1 Å². The van der Waals surface area contributed by atoms with E-state index in [1.165, 1.54) is 37.7 Å². The van der Waals surface area contributed by atoms with Gasteiger partial charge in [-0.05, 0) is 46.5 Å². The van der Waals surface area contributed by atoms with E-state index in [0.29, 0.717) is 6.61 Å². The molecule has 0 amide bonds. The summed E-state index contributed by atoms with van der Waals surface area (Å²) < 4.78 is 12.3. The van der Waals surface area contributed by atoms with Crippen LogP contribution in [-0.2, 0) is 10.2 Å². The molecule has 0 spiro atoms. The molecular formula is C18H26BrNO2. The van der Waals surface area contributed by atoms with Gasteiger partial charge in [-0.3, -0.25) is 0 Å². The van der Waals surface area contributed by atoms with Crippen molar-refractivity contribution < 1.29 is 9.47 Å². The molecule has 22 heavy (non-hydrogen) atoms. The number of ether oxygens (including phenoxy) is 2. The molecule has 1 aromatic carbocycles. The van der Waals surface area contributed by atoms with Gasteiger partial charge in [0.05, 0.1) is 24.3 Å². The molecule has 2 N–H and O–H groups in total. The summed E-state index contributed by atoms with van der Waals surface area (Å²) in [6.45, 7) is 5.21. The van der Waals surface area contributed by atoms with Gasteiger partial charge in [0, 0.05) is 17.4 Å². The van der Waals surface area contributed by atoms with E-state index in [0.717, 1.165) is 30.0 Å². The summed E-state index contributed by atoms with van der Waals surface area (Å²) in [5.41, 5.74) is 7.82. The highest BCUT2D eigenvalue weighted by atomic mass is 79.9. The van der Waals surface area contributed by atoms with Gasteiger partial charge in [0.2, 0.25) is 0 Å². The van der Waals surface area contributed by atoms with Gasteiger partial charge in [-0.1, -0.05) is 32.3 Å². The lowest BCUT2D eigenvalue weighted by molar-refractivity contribution is -0.120. The Labute approximate surface area is 141 Å². The lowest BCUT2D eigenvalue weighted by Crippen LogP contribution is -2.44. The predicted molar refractivity (Wildman–Crippen MR) is 92.4 cm³/mol. The van der Waals surface area contributed by atoms with Crippen LogP contribution in [0.1, 0.15) is 44.6 Å². The fourth-order valence-electron chi connectivity index (χ4n) is 3.57. The van der Waals surface area contributed by atoms with Crippen LogP contribution in [0.4, 0.5) is 0 Å². The summed E-state index contributed by atoms with van der Waals surface area (Å²) >= 11 is 3.68. The Morgan fingerprint density at radius 1 is 1.23 bits per heavy atom. The van der Waals surface area contributed by atoms with Gasteiger partial charge in [-0.25, -0.2) is 0 Å². The third-order valence-corrected chi connectivity index (χ3v) is 5.84. The first-order valence-corrected chi connectivity index (χ1v) is 9.07. The summed E-state index contributed by atoms with van der Waals surface area (Å²) in [6, 6.07) is 6.51. The van der Waals surface area contributed by atoms with Crippen molar-refractivity contribution in [1.82, 2.24) is 0 Å². The second-order valence-electron chi connectivity index (χ2n) is 7.28. The minimum atomic E-state index is 0.160. The summed E-state index contributed by atoms with van der Waals surface area (Å²) in [4.78, 5) is 0. The number of hydrogen-bond acceptors (Lipinski definition) is 3. The second-order valence-corrected chi connectivity index (χ2v) is 8.14. The largest absolute Gasteiger partial charge is 0.492 e. The topological polar surface area (TPSA) is 44.5 Å². The molecule has 0 atom stereocenters. The van der Waals surface area contributed by atoms with Gasteiger partial charge < -0.3 is 15.2 Å². The first kappa shape index (κ1) is 16.3. The van der Waals surface area contributed by atoms with Crippen molar-refractivity contribution in [2.24, 2.45) is 11.1 Å². The Bertz CT molecular complexity index is 522. The highest BCUT2D eigenvalue weighted by molar-refractivity contribution is 9.10. The van der Waals surface area contributed by atoms with E-state index < -0.39 is 0 Å². The summed E-state index contributed by atoms with van der Waals surface area (Å²) in [6.07, 6.45) is 6.30. The third kappa shape index (κ3) is 3.19. The molecule has 3 rings (SSSR count). The highest BCUT2D eigenvalue weighted by Crippen LogP contribution is 2.41. The van der Waals surface area contributed by atoms with Crippen molar-refractivity contribution in [2.75, 3.05) is 26.4 Å². The molecule has 0 unspecified atom stereocenters. The molecule has 0 bridgehead atoms. The van der Waals surface area contributed by atoms with Crippen molar-refractivity contribution >= 4 is 15.9 Å². The first-order chi connectivity index (χ1) is 10.6. The van der Waals surface area contributed by atoms with E-state index in [-0.39, 0.29) is 10.8 Å². The van der Waals surface area contributed by atoms with Crippen molar-refractivity contribution in [3.63, 3.8) is 0 Å². The first-order valence-electron chi connectivity index (χ1n) is 8.28. The maximum absolute atomic E-state index is 6.14. The van der Waals surface area contributed by atoms with Crippen molar-refractivity contribution in [3.05, 3.63) is 28.2 Å². The van der Waals surface area contributed by atoms with Crippen molar-refractivity contribution in [3.8, 4) is 5.75 Å². The quantitative estimate of drug-likeness (QED) is 0.854. The average molecular weight is 368 g/mol. The highest BCUT2D eigenvalue weighted by Gasteiger charge is 2.35. The van der Waals surface area contributed by atoms with Crippen LogP contribution in [0.15, 0.2) is 22.7 Å². The number of halogens is 1. The van der Waals surface area contributed by atoms with Crippen LogP contribution in [-0.4, -0.2) is 26.4 Å². The van der Waals surface area contributed by atoms with Crippen LogP contribution in [0.25, 0.3) is 0 Å². The normalized spacial score (nSPS) is 22.9. The molecule has 0 aromatic heterocycles. The van der Waals surface area contributed by atoms with Gasteiger partial charge in [0.1, 0.15) is 5.75 Å². The number of hydrogen-bond donors (Lipinski definition) is 1. The zero-order valence-corrected chi connectivity index (χ0v) is 15.0. The lowest BCUT2D eigenvalue weighted by atomic mass is 9.69. The number of benzene rings is 1. The van der Waals surface area contributed by atoms with Crippen molar-refractivity contribution in [2.45, 2.75) is 44.4 Å². The molecule has 0 radical (unpaired) electrons. The summed E-state index contributed by atoms with van der Waals surface area (Å²) in [7, 11) is 0. The van der Waals surface area contributed by atoms with Gasteiger partial charge in [-0.15, -0.1) is 0 Å². The zero-order valence-electron chi connectivity index (χ0n) is 13.4. The van der Waals surface area contributed by atoms with Crippen LogP contribution < -0.4 is 10.5 Å². The molecule has 1 saturated carbocycles. The van der Waals surface area contributed by atoms with Crippen LogP contribution in [0, 0.1) is 5.41 Å². The lowest BCUT2D eigenvalue weighted by Gasteiger charge is -2.38. The maximum Gasteiger partial charge on any atom is 0.133 e. The molecule has 1 aliphatic carbocycles. The number of rotatable bonds is 5. The molecule has 2 fully saturated rings. The van der Waals surface area contributed by atoms with Gasteiger partial charge >= 0.3 is 0 Å². The SMILES string of the molecule is CC1(COc2ccc(C3(CN)CCCCC3)cc2Br)COC1. The van der Waals surface area contributed by atoms with Crippen LogP contribution in [0.5, 0.6) is 5.75 Å². The Balaban J connectivity index is 1.73. The Morgan fingerprint density at radius 2 is 1.95 bits per heavy atom. The fourth-order valence-corrected chi connectivity index (χ4v) is 4.07. The molecule has 1 saturated heterocycles. The maximum atomic E-state index is 6.14. The second kappa shape index (κ2) is 6.50. The minimum absolute atomic E-state index is 0.160. The average Bonchev–Trinajstić information content (AvgIpc) is 2.52. The Morgan fingerprint density at radius 3 is 2.50 bits per heavy atom. The minimum Gasteiger partial charge on any atom is -0.492 e. The monoisotopic (exact) mass is 367 g/mol. The van der Waals surface area contributed by atoms with Crippen LogP contribution >= 0.6 is 15.9 Å². The predicted octanol–water partition coefficient (Wildman–Crippen LogP) is 4.03. The summed E-state index contributed by atoms with van der Waals surface area (Å²) in [5, 5.41) is 0. The van der Waals surface area contributed by atoms with Crippen LogP contribution in [0.3, 0.4) is 0 Å². The zero-order chi connectivity index (χ0) is 15.6. The van der Waals surface area contributed by atoms with E-state index in [4.69, 9.17) is 15.2 Å². The molecule has 2 aliphatic rings. The smallest absolute Gasteiger partial charge is 0.133 e. The van der Waals surface area contributed by atoms with E-state index in [1.54, 1.807) is 0 Å². The number of nitrogens with two attached hydrogens (primary N) is 1. The molecular weight excluding hydrogens is 342 g/mol. The van der Waals surface area contributed by atoms with Gasteiger partial charge in [0.25, 0.3) is 0 Å². The molecule has 1 aromatic rings. The van der Waals surface area contributed by atoms with Crippen LogP contribution in [0.2, 0.25) is 0 Å². The molecule has 4 heteroatoms. The Kier molecular flexibility index (Phi) is 4.81. The van der Waals surface area contributed by atoms with Gasteiger partial charge in [-0.2, -0.15) is 0 Å². The third-order valence-electron chi connectivity index (χ3n) is 5.22. The van der Waals surface area contributed by atoms with Gasteiger partial charge in [0.15, 0.2) is 0 Å².